The summed E-state index contributed by atoms with van der Waals surface area (Å²) >= 11 is 6.18. The maximum atomic E-state index is 13.1. The van der Waals surface area contributed by atoms with Crippen molar-refractivity contribution in [1.82, 2.24) is 4.72 Å². The van der Waals surface area contributed by atoms with Gasteiger partial charge in [-0.25, -0.2) is 21.6 Å². The smallest absolute Gasteiger partial charge is 0.263 e. The molecule has 3 rings (SSSR count). The van der Waals surface area contributed by atoms with Gasteiger partial charge in [0.2, 0.25) is 10.0 Å². The van der Waals surface area contributed by atoms with E-state index in [1.807, 2.05) is 13.8 Å². The van der Waals surface area contributed by atoms with Crippen molar-refractivity contribution >= 4 is 48.9 Å². The molecule has 12 heteroatoms. The minimum Gasteiger partial charge on any atom is -0.495 e. The van der Waals surface area contributed by atoms with E-state index in [9.17, 15) is 21.6 Å². The van der Waals surface area contributed by atoms with Crippen molar-refractivity contribution in [3.63, 3.8) is 0 Å². The van der Waals surface area contributed by atoms with E-state index < -0.39 is 26.0 Å². The van der Waals surface area contributed by atoms with Crippen LogP contribution in [0.2, 0.25) is 5.02 Å². The molecule has 0 saturated heterocycles. The lowest BCUT2D eigenvalue weighted by atomic mass is 10.1. The van der Waals surface area contributed by atoms with Crippen molar-refractivity contribution < 1.29 is 26.4 Å². The monoisotopic (exact) mass is 565 g/mol. The van der Waals surface area contributed by atoms with Crippen LogP contribution in [0.25, 0.3) is 0 Å². The molecule has 0 atom stereocenters. The number of hydrogen-bond acceptors (Lipinski definition) is 6. The Morgan fingerprint density at radius 3 is 2.22 bits per heavy atom. The zero-order chi connectivity index (χ0) is 27.5. The lowest BCUT2D eigenvalue weighted by Gasteiger charge is -2.15. The van der Waals surface area contributed by atoms with Crippen LogP contribution in [-0.4, -0.2) is 35.9 Å². The quantitative estimate of drug-likeness (QED) is 0.344. The van der Waals surface area contributed by atoms with E-state index in [2.05, 4.69) is 14.8 Å². The van der Waals surface area contributed by atoms with E-state index in [1.54, 1.807) is 32.0 Å². The minimum absolute atomic E-state index is 0.0134. The highest BCUT2D eigenvalue weighted by Gasteiger charge is 2.22. The van der Waals surface area contributed by atoms with E-state index in [0.717, 1.165) is 17.2 Å². The van der Waals surface area contributed by atoms with Gasteiger partial charge in [0, 0.05) is 17.3 Å². The first-order valence-electron chi connectivity index (χ1n) is 11.1. The van der Waals surface area contributed by atoms with Gasteiger partial charge in [0.05, 0.1) is 22.7 Å². The number of carbonyl (C=O) groups excluding carboxylic acids is 1. The van der Waals surface area contributed by atoms with Gasteiger partial charge in [0.15, 0.2) is 0 Å². The molecule has 0 unspecified atom stereocenters. The van der Waals surface area contributed by atoms with Gasteiger partial charge in [-0.05, 0) is 87.4 Å². The molecule has 0 heterocycles. The van der Waals surface area contributed by atoms with Crippen LogP contribution in [0.5, 0.6) is 5.75 Å². The number of sulfonamides is 2. The number of benzene rings is 3. The largest absolute Gasteiger partial charge is 0.495 e. The van der Waals surface area contributed by atoms with E-state index in [1.165, 1.54) is 37.4 Å². The van der Waals surface area contributed by atoms with Crippen LogP contribution in [0.4, 0.5) is 11.4 Å². The third kappa shape index (κ3) is 6.80. The topological polar surface area (TPSA) is 131 Å². The van der Waals surface area contributed by atoms with E-state index in [-0.39, 0.29) is 37.9 Å². The first-order valence-corrected chi connectivity index (χ1v) is 14.5. The number of carbonyl (C=O) groups is 1. The maximum Gasteiger partial charge on any atom is 0.263 e. The van der Waals surface area contributed by atoms with Crippen LogP contribution in [0.1, 0.15) is 35.3 Å². The Balaban J connectivity index is 1.93. The molecule has 0 aliphatic heterocycles. The van der Waals surface area contributed by atoms with E-state index in [0.29, 0.717) is 5.69 Å². The fourth-order valence-electron chi connectivity index (χ4n) is 3.39. The number of ether oxygens (including phenoxy) is 1. The number of anilines is 2. The fourth-order valence-corrected chi connectivity index (χ4v) is 6.24. The highest BCUT2D eigenvalue weighted by Crippen LogP contribution is 2.30. The molecule has 0 fully saturated rings. The summed E-state index contributed by atoms with van der Waals surface area (Å²) in [5.74, 6) is -0.473. The van der Waals surface area contributed by atoms with Crippen LogP contribution < -0.4 is 19.5 Å². The van der Waals surface area contributed by atoms with E-state index >= 15 is 0 Å². The molecule has 9 nitrogen and oxygen atoms in total. The maximum absolute atomic E-state index is 13.1. The van der Waals surface area contributed by atoms with Gasteiger partial charge in [0.1, 0.15) is 10.6 Å². The van der Waals surface area contributed by atoms with Crippen molar-refractivity contribution in [2.45, 2.75) is 43.5 Å². The highest BCUT2D eigenvalue weighted by molar-refractivity contribution is 7.92. The van der Waals surface area contributed by atoms with Crippen molar-refractivity contribution in [3.8, 4) is 5.75 Å². The molecule has 0 saturated carbocycles. The van der Waals surface area contributed by atoms with Gasteiger partial charge in [-0.15, -0.1) is 0 Å². The molecule has 0 bridgehead atoms. The average Bonchev–Trinajstić information content (AvgIpc) is 2.80. The third-order valence-electron chi connectivity index (χ3n) is 5.36. The molecule has 3 N–H and O–H groups in total. The number of halogens is 1. The van der Waals surface area contributed by atoms with Crippen LogP contribution in [0, 0.1) is 13.8 Å². The standard InChI is InChI=1S/C25H28ClN3O6S2/c1-15(2)28-36(31,32)20-9-11-23(35-5)22(14-20)27-25(30)18-7-10-21(26)24(13-18)37(33,34)29-19-8-6-16(3)17(4)12-19/h6-15,28-29H,1-5H3,(H,27,30). The second-order valence-corrected chi connectivity index (χ2v) is 12.4. The Bertz CT molecular complexity index is 1550. The lowest BCUT2D eigenvalue weighted by Crippen LogP contribution is -2.30. The molecule has 198 valence electrons. The Morgan fingerprint density at radius 1 is 0.892 bits per heavy atom. The zero-order valence-corrected chi connectivity index (χ0v) is 23.3. The SMILES string of the molecule is COc1ccc(S(=O)(=O)NC(C)C)cc1NC(=O)c1ccc(Cl)c(S(=O)(=O)Nc2ccc(C)c(C)c2)c1. The predicted molar refractivity (Wildman–Crippen MR) is 145 cm³/mol. The summed E-state index contributed by atoms with van der Waals surface area (Å²) in [6.07, 6.45) is 0. The van der Waals surface area contributed by atoms with Gasteiger partial charge in [0.25, 0.3) is 15.9 Å². The predicted octanol–water partition coefficient (Wildman–Crippen LogP) is 4.71. The summed E-state index contributed by atoms with van der Waals surface area (Å²) in [4.78, 5) is 12.7. The van der Waals surface area contributed by atoms with Crippen molar-refractivity contribution in [2.75, 3.05) is 17.1 Å². The van der Waals surface area contributed by atoms with Gasteiger partial charge in [-0.1, -0.05) is 17.7 Å². The van der Waals surface area contributed by atoms with Crippen LogP contribution in [0.3, 0.4) is 0 Å². The van der Waals surface area contributed by atoms with Gasteiger partial charge in [-0.2, -0.15) is 0 Å². The van der Waals surface area contributed by atoms with Crippen molar-refractivity contribution in [3.05, 3.63) is 76.3 Å². The molecule has 0 spiro atoms. The van der Waals surface area contributed by atoms with Gasteiger partial charge < -0.3 is 10.1 Å². The molecule has 3 aromatic rings. The third-order valence-corrected chi connectivity index (χ3v) is 8.88. The summed E-state index contributed by atoms with van der Waals surface area (Å²) in [6.45, 7) is 7.14. The van der Waals surface area contributed by atoms with E-state index in [4.69, 9.17) is 16.3 Å². The zero-order valence-electron chi connectivity index (χ0n) is 20.9. The molecule has 0 radical (unpaired) electrons. The molecule has 37 heavy (non-hydrogen) atoms. The number of aryl methyl sites for hydroxylation is 2. The Morgan fingerprint density at radius 2 is 1.59 bits per heavy atom. The molecule has 0 aromatic heterocycles. The molecule has 1 amide bonds. The second-order valence-electron chi connectivity index (χ2n) is 8.64. The number of rotatable bonds is 9. The summed E-state index contributed by atoms with van der Waals surface area (Å²) in [7, 11) is -6.59. The summed E-state index contributed by atoms with van der Waals surface area (Å²) < 4.78 is 61.5. The Hall–Kier alpha value is -3.12. The first kappa shape index (κ1) is 28.5. The lowest BCUT2D eigenvalue weighted by molar-refractivity contribution is 0.102. The average molecular weight is 566 g/mol. The van der Waals surface area contributed by atoms with Crippen molar-refractivity contribution in [2.24, 2.45) is 0 Å². The normalized spacial score (nSPS) is 11.9. The summed E-state index contributed by atoms with van der Waals surface area (Å²) in [5.41, 5.74) is 2.34. The number of nitrogens with one attached hydrogen (secondary N) is 3. The highest BCUT2D eigenvalue weighted by atomic mass is 35.5. The summed E-state index contributed by atoms with van der Waals surface area (Å²) in [6, 6.07) is 12.6. The number of hydrogen-bond donors (Lipinski definition) is 3. The summed E-state index contributed by atoms with van der Waals surface area (Å²) in [5, 5.41) is 2.52. The molecular formula is C25H28ClN3O6S2. The molecule has 0 aliphatic rings. The number of methoxy groups -OCH3 is 1. The van der Waals surface area contributed by atoms with Crippen LogP contribution >= 0.6 is 11.6 Å². The number of amides is 1. The minimum atomic E-state index is -4.13. The first-order chi connectivity index (χ1) is 17.2. The van der Waals surface area contributed by atoms with Crippen LogP contribution in [0.15, 0.2) is 64.4 Å². The molecule has 3 aromatic carbocycles. The van der Waals surface area contributed by atoms with Crippen molar-refractivity contribution in [1.29, 1.82) is 0 Å². The second kappa shape index (κ2) is 11.1. The molecule has 0 aliphatic carbocycles. The molecular weight excluding hydrogens is 538 g/mol. The fraction of sp³-hybridized carbons (Fsp3) is 0.240. The van der Waals surface area contributed by atoms with Gasteiger partial charge >= 0.3 is 0 Å². The Kier molecular flexibility index (Phi) is 8.53. The van der Waals surface area contributed by atoms with Gasteiger partial charge in [-0.3, -0.25) is 9.52 Å². The Labute approximate surface area is 222 Å². The van der Waals surface area contributed by atoms with Crippen LogP contribution in [-0.2, 0) is 20.0 Å².